The van der Waals surface area contributed by atoms with E-state index in [1.54, 1.807) is 0 Å². The quantitative estimate of drug-likeness (QED) is 0.841. The number of nitrogens with zero attached hydrogens (tertiary/aromatic N) is 1. The van der Waals surface area contributed by atoms with Crippen LogP contribution < -0.4 is 0 Å². The molecule has 6 heteroatoms. The average Bonchev–Trinajstić information content (AvgIpc) is 2.46. The molecule has 0 bridgehead atoms. The van der Waals surface area contributed by atoms with Crippen LogP contribution in [0.4, 0.5) is 13.2 Å². The largest absolute Gasteiger partial charge is 0.417 e. The Morgan fingerprint density at radius 1 is 1.33 bits per heavy atom. The van der Waals surface area contributed by atoms with Crippen LogP contribution in [0.25, 0.3) is 0 Å². The number of carbonyl (C=O) groups is 2. The zero-order valence-corrected chi connectivity index (χ0v) is 11.6. The second-order valence-corrected chi connectivity index (χ2v) is 5.12. The molecule has 1 aliphatic heterocycles. The Morgan fingerprint density at radius 2 is 2.00 bits per heavy atom. The van der Waals surface area contributed by atoms with Crippen LogP contribution in [0, 0.1) is 5.92 Å². The summed E-state index contributed by atoms with van der Waals surface area (Å²) >= 11 is 0. The van der Waals surface area contributed by atoms with Gasteiger partial charge in [0.15, 0.2) is 0 Å². The number of rotatable bonds is 2. The third-order valence-corrected chi connectivity index (χ3v) is 3.77. The predicted molar refractivity (Wildman–Crippen MR) is 70.8 cm³/mol. The van der Waals surface area contributed by atoms with Crippen LogP contribution in [0.1, 0.15) is 35.7 Å². The van der Waals surface area contributed by atoms with E-state index in [1.165, 1.54) is 23.1 Å². The Morgan fingerprint density at radius 3 is 2.62 bits per heavy atom. The Balaban J connectivity index is 2.27. The summed E-state index contributed by atoms with van der Waals surface area (Å²) in [6.45, 7) is 2.21. The second kappa shape index (κ2) is 5.87. The van der Waals surface area contributed by atoms with Crippen molar-refractivity contribution in [2.24, 2.45) is 5.92 Å². The smallest absolute Gasteiger partial charge is 0.337 e. The van der Waals surface area contributed by atoms with Crippen LogP contribution in [0.5, 0.6) is 0 Å². The third kappa shape index (κ3) is 3.25. The summed E-state index contributed by atoms with van der Waals surface area (Å²) in [4.78, 5) is 25.3. The van der Waals surface area contributed by atoms with Crippen molar-refractivity contribution in [2.45, 2.75) is 25.9 Å². The molecule has 1 unspecified atom stereocenters. The standard InChI is InChI=1S/C15H16F3NO2/c1-2-10-9-19(8-7-13(10)20)14(21)11-5-3-4-6-12(11)15(16,17)18/h3-6,10H,2,7-9H2,1H3. The maximum Gasteiger partial charge on any atom is 0.417 e. The molecule has 0 aromatic heterocycles. The highest BCUT2D eigenvalue weighted by Crippen LogP contribution is 2.32. The van der Waals surface area contributed by atoms with Gasteiger partial charge in [-0.05, 0) is 18.6 Å². The van der Waals surface area contributed by atoms with E-state index in [0.717, 1.165) is 6.07 Å². The SMILES string of the molecule is CCC1CN(C(=O)c2ccccc2C(F)(F)F)CCC1=O. The summed E-state index contributed by atoms with van der Waals surface area (Å²) in [6.07, 6.45) is -3.77. The molecule has 3 nitrogen and oxygen atoms in total. The number of ketones is 1. The van der Waals surface area contributed by atoms with Crippen LogP contribution >= 0.6 is 0 Å². The summed E-state index contributed by atoms with van der Waals surface area (Å²) in [5.41, 5.74) is -1.28. The average molecular weight is 299 g/mol. The van der Waals surface area contributed by atoms with Gasteiger partial charge in [0.1, 0.15) is 5.78 Å². The molecule has 1 fully saturated rings. The van der Waals surface area contributed by atoms with Gasteiger partial charge < -0.3 is 4.90 Å². The van der Waals surface area contributed by atoms with Gasteiger partial charge in [0, 0.05) is 25.4 Å². The number of benzene rings is 1. The van der Waals surface area contributed by atoms with E-state index < -0.39 is 17.6 Å². The number of piperidine rings is 1. The van der Waals surface area contributed by atoms with E-state index in [2.05, 4.69) is 0 Å². The molecule has 114 valence electrons. The molecule has 0 spiro atoms. The van der Waals surface area contributed by atoms with Gasteiger partial charge in [-0.3, -0.25) is 9.59 Å². The minimum absolute atomic E-state index is 0.0747. The van der Waals surface area contributed by atoms with Gasteiger partial charge in [-0.25, -0.2) is 0 Å². The summed E-state index contributed by atoms with van der Waals surface area (Å²) < 4.78 is 38.9. The third-order valence-electron chi connectivity index (χ3n) is 3.77. The Labute approximate surface area is 120 Å². The van der Waals surface area contributed by atoms with E-state index in [9.17, 15) is 22.8 Å². The zero-order chi connectivity index (χ0) is 15.6. The minimum Gasteiger partial charge on any atom is -0.337 e. The first-order valence-corrected chi connectivity index (χ1v) is 6.82. The fourth-order valence-electron chi connectivity index (χ4n) is 2.54. The fourth-order valence-corrected chi connectivity index (χ4v) is 2.54. The lowest BCUT2D eigenvalue weighted by molar-refractivity contribution is -0.138. The summed E-state index contributed by atoms with van der Waals surface area (Å²) in [5, 5.41) is 0. The van der Waals surface area contributed by atoms with Crippen LogP contribution in [0.3, 0.4) is 0 Å². The molecule has 21 heavy (non-hydrogen) atoms. The van der Waals surface area contributed by atoms with Crippen molar-refractivity contribution in [3.05, 3.63) is 35.4 Å². The van der Waals surface area contributed by atoms with Gasteiger partial charge in [-0.1, -0.05) is 19.1 Å². The first-order chi connectivity index (χ1) is 9.84. The van der Waals surface area contributed by atoms with Gasteiger partial charge >= 0.3 is 6.18 Å². The molecule has 0 aliphatic carbocycles. The molecular formula is C15H16F3NO2. The van der Waals surface area contributed by atoms with Crippen molar-refractivity contribution >= 4 is 11.7 Å². The first-order valence-electron chi connectivity index (χ1n) is 6.82. The predicted octanol–water partition coefficient (Wildman–Crippen LogP) is 3.15. The summed E-state index contributed by atoms with van der Waals surface area (Å²) in [5.74, 6) is -0.861. The number of likely N-dealkylation sites (tertiary alicyclic amines) is 1. The zero-order valence-electron chi connectivity index (χ0n) is 11.6. The van der Waals surface area contributed by atoms with Crippen LogP contribution in [0.15, 0.2) is 24.3 Å². The molecule has 1 aromatic carbocycles. The summed E-state index contributed by atoms with van der Waals surface area (Å²) in [6, 6.07) is 4.76. The molecule has 0 N–H and O–H groups in total. The molecule has 1 saturated heterocycles. The van der Waals surface area contributed by atoms with Crippen molar-refractivity contribution in [2.75, 3.05) is 13.1 Å². The highest BCUT2D eigenvalue weighted by Gasteiger charge is 2.37. The maximum absolute atomic E-state index is 13.0. The van der Waals surface area contributed by atoms with Gasteiger partial charge in [0.2, 0.25) is 0 Å². The number of hydrogen-bond acceptors (Lipinski definition) is 2. The Hall–Kier alpha value is -1.85. The van der Waals surface area contributed by atoms with Crippen molar-refractivity contribution in [3.8, 4) is 0 Å². The lowest BCUT2D eigenvalue weighted by Gasteiger charge is -2.32. The molecule has 2 rings (SSSR count). The Kier molecular flexibility index (Phi) is 4.34. The van der Waals surface area contributed by atoms with E-state index in [0.29, 0.717) is 6.42 Å². The van der Waals surface area contributed by atoms with E-state index in [-0.39, 0.29) is 36.8 Å². The lowest BCUT2D eigenvalue weighted by atomic mass is 9.93. The molecule has 1 heterocycles. The number of carbonyl (C=O) groups excluding carboxylic acids is 2. The number of Topliss-reactive ketones (excluding diaryl/α,β-unsaturated/α-hetero) is 1. The number of amides is 1. The van der Waals surface area contributed by atoms with E-state index in [4.69, 9.17) is 0 Å². The highest BCUT2D eigenvalue weighted by molar-refractivity contribution is 5.97. The van der Waals surface area contributed by atoms with E-state index in [1.807, 2.05) is 6.92 Å². The van der Waals surface area contributed by atoms with Gasteiger partial charge in [-0.2, -0.15) is 13.2 Å². The minimum atomic E-state index is -4.57. The fraction of sp³-hybridized carbons (Fsp3) is 0.467. The van der Waals surface area contributed by atoms with Crippen molar-refractivity contribution < 1.29 is 22.8 Å². The summed E-state index contributed by atoms with van der Waals surface area (Å²) in [7, 11) is 0. The molecule has 0 saturated carbocycles. The van der Waals surface area contributed by atoms with Crippen LogP contribution in [-0.2, 0) is 11.0 Å². The molecule has 1 aliphatic rings. The van der Waals surface area contributed by atoms with Crippen molar-refractivity contribution in [3.63, 3.8) is 0 Å². The van der Waals surface area contributed by atoms with Crippen molar-refractivity contribution in [1.29, 1.82) is 0 Å². The van der Waals surface area contributed by atoms with Gasteiger partial charge in [0.05, 0.1) is 11.1 Å². The lowest BCUT2D eigenvalue weighted by Crippen LogP contribution is -2.44. The maximum atomic E-state index is 13.0. The Bertz CT molecular complexity index is 554. The molecule has 1 atom stereocenters. The monoisotopic (exact) mass is 299 g/mol. The van der Waals surface area contributed by atoms with Crippen molar-refractivity contribution in [1.82, 2.24) is 4.90 Å². The van der Waals surface area contributed by atoms with Crippen LogP contribution in [-0.4, -0.2) is 29.7 Å². The van der Waals surface area contributed by atoms with Crippen LogP contribution in [0.2, 0.25) is 0 Å². The number of halogens is 3. The highest BCUT2D eigenvalue weighted by atomic mass is 19.4. The molecule has 1 amide bonds. The topological polar surface area (TPSA) is 37.4 Å². The molecule has 0 radical (unpaired) electrons. The van der Waals surface area contributed by atoms with E-state index >= 15 is 0 Å². The van der Waals surface area contributed by atoms with Gasteiger partial charge in [0.25, 0.3) is 5.91 Å². The molecular weight excluding hydrogens is 283 g/mol. The first kappa shape index (κ1) is 15.5. The normalized spacial score (nSPS) is 19.7. The molecule has 1 aromatic rings. The number of alkyl halides is 3. The number of hydrogen-bond donors (Lipinski definition) is 0. The van der Waals surface area contributed by atoms with Gasteiger partial charge in [-0.15, -0.1) is 0 Å². The second-order valence-electron chi connectivity index (χ2n) is 5.12.